The molecule has 4 nitrogen and oxygen atoms in total. The zero-order chi connectivity index (χ0) is 32.3. The van der Waals surface area contributed by atoms with Gasteiger partial charge in [-0.05, 0) is 63.3 Å². The van der Waals surface area contributed by atoms with Crippen molar-refractivity contribution in [3.8, 4) is 39.9 Å². The summed E-state index contributed by atoms with van der Waals surface area (Å²) < 4.78 is 2.38. The lowest BCUT2D eigenvalue weighted by Crippen LogP contribution is -2.02. The number of benzene rings is 8. The molecule has 2 heterocycles. The van der Waals surface area contributed by atoms with Gasteiger partial charge in [-0.3, -0.25) is 0 Å². The Bertz CT molecular complexity index is 2750. The van der Waals surface area contributed by atoms with Gasteiger partial charge in [0.15, 0.2) is 17.5 Å². The van der Waals surface area contributed by atoms with E-state index in [4.69, 9.17) is 15.0 Å². The Morgan fingerprint density at radius 2 is 0.714 bits per heavy atom. The lowest BCUT2D eigenvalue weighted by molar-refractivity contribution is 1.07. The van der Waals surface area contributed by atoms with Crippen LogP contribution in [0, 0.1) is 0 Å². The van der Waals surface area contributed by atoms with E-state index < -0.39 is 0 Å². The first-order chi connectivity index (χ1) is 24.3. The zero-order valence-corrected chi connectivity index (χ0v) is 26.5. The molecular weight excluding hydrogens is 597 g/mol. The summed E-state index contributed by atoms with van der Waals surface area (Å²) in [6, 6.07) is 59.9. The lowest BCUT2D eigenvalue weighted by Gasteiger charge is -2.15. The molecule has 0 fully saturated rings. The minimum atomic E-state index is 0.633. The Labute approximate surface area is 282 Å². The van der Waals surface area contributed by atoms with Crippen molar-refractivity contribution in [2.45, 2.75) is 0 Å². The van der Waals surface area contributed by atoms with Crippen LogP contribution in [0.5, 0.6) is 0 Å². The Morgan fingerprint density at radius 3 is 1.27 bits per heavy atom. The van der Waals surface area contributed by atoms with Gasteiger partial charge in [-0.25, -0.2) is 15.0 Å². The smallest absolute Gasteiger partial charge is 0.164 e. The Balaban J connectivity index is 1.25. The number of para-hydroxylation sites is 2. The number of hydrogen-bond donors (Lipinski definition) is 0. The molecule has 0 spiro atoms. The number of rotatable bonds is 4. The average Bonchev–Trinajstić information content (AvgIpc) is 3.51. The van der Waals surface area contributed by atoms with Crippen molar-refractivity contribution in [1.29, 1.82) is 0 Å². The Kier molecular flexibility index (Phi) is 6.15. The van der Waals surface area contributed by atoms with E-state index in [2.05, 4.69) is 174 Å². The molecule has 10 aromatic rings. The fourth-order valence-corrected chi connectivity index (χ4v) is 7.21. The van der Waals surface area contributed by atoms with E-state index in [0.717, 1.165) is 55.0 Å². The topological polar surface area (TPSA) is 43.6 Å². The van der Waals surface area contributed by atoms with Crippen molar-refractivity contribution in [2.75, 3.05) is 0 Å². The maximum Gasteiger partial charge on any atom is 0.164 e. The Morgan fingerprint density at radius 1 is 0.306 bits per heavy atom. The largest absolute Gasteiger partial charge is 0.309 e. The second-order valence-electron chi connectivity index (χ2n) is 12.5. The fourth-order valence-electron chi connectivity index (χ4n) is 7.21. The monoisotopic (exact) mass is 624 g/mol. The van der Waals surface area contributed by atoms with Crippen molar-refractivity contribution in [2.24, 2.45) is 0 Å². The molecule has 2 aromatic heterocycles. The van der Waals surface area contributed by atoms with Crippen molar-refractivity contribution in [3.05, 3.63) is 170 Å². The lowest BCUT2D eigenvalue weighted by atomic mass is 10.0. The minimum Gasteiger partial charge on any atom is -0.309 e. The molecule has 0 aliphatic heterocycles. The molecule has 0 N–H and O–H groups in total. The van der Waals surface area contributed by atoms with E-state index in [9.17, 15) is 0 Å². The summed E-state index contributed by atoms with van der Waals surface area (Å²) in [5.74, 6) is 1.92. The van der Waals surface area contributed by atoms with Crippen LogP contribution in [0.2, 0.25) is 0 Å². The molecule has 8 aromatic carbocycles. The predicted molar refractivity (Wildman–Crippen MR) is 203 cm³/mol. The number of aromatic nitrogens is 4. The molecule has 0 atom stereocenters. The summed E-state index contributed by atoms with van der Waals surface area (Å²) >= 11 is 0. The van der Waals surface area contributed by atoms with Crippen LogP contribution in [0.25, 0.3) is 94.0 Å². The predicted octanol–water partition coefficient (Wildman–Crippen LogP) is 11.4. The first-order valence-corrected chi connectivity index (χ1v) is 16.5. The third-order valence-corrected chi connectivity index (χ3v) is 9.57. The number of hydrogen-bond acceptors (Lipinski definition) is 3. The first kappa shape index (κ1) is 27.5. The van der Waals surface area contributed by atoms with Gasteiger partial charge in [-0.15, -0.1) is 0 Å². The summed E-state index contributed by atoms with van der Waals surface area (Å²) in [5.41, 5.74) is 6.25. The van der Waals surface area contributed by atoms with Crippen LogP contribution in [0.1, 0.15) is 0 Å². The minimum absolute atomic E-state index is 0.633. The highest BCUT2D eigenvalue weighted by Crippen LogP contribution is 2.37. The zero-order valence-electron chi connectivity index (χ0n) is 26.5. The molecule has 0 bridgehead atoms. The quantitative estimate of drug-likeness (QED) is 0.196. The van der Waals surface area contributed by atoms with Gasteiger partial charge in [0.05, 0.1) is 16.7 Å². The molecule has 0 aliphatic carbocycles. The summed E-state index contributed by atoms with van der Waals surface area (Å²) in [4.78, 5) is 15.5. The second-order valence-corrected chi connectivity index (χ2v) is 12.5. The summed E-state index contributed by atoms with van der Waals surface area (Å²) in [5, 5.41) is 9.39. The van der Waals surface area contributed by atoms with Gasteiger partial charge in [0, 0.05) is 32.8 Å². The molecule has 0 saturated carbocycles. The van der Waals surface area contributed by atoms with Gasteiger partial charge < -0.3 is 4.57 Å². The van der Waals surface area contributed by atoms with E-state index in [1.54, 1.807) is 0 Å². The highest BCUT2D eigenvalue weighted by Gasteiger charge is 2.18. The van der Waals surface area contributed by atoms with E-state index >= 15 is 0 Å². The molecule has 10 rings (SSSR count). The molecule has 4 heteroatoms. The third-order valence-electron chi connectivity index (χ3n) is 9.57. The van der Waals surface area contributed by atoms with Gasteiger partial charge in [-0.2, -0.15) is 0 Å². The molecule has 0 aliphatic rings. The van der Waals surface area contributed by atoms with Gasteiger partial charge in [0.25, 0.3) is 0 Å². The van der Waals surface area contributed by atoms with Gasteiger partial charge in [-0.1, -0.05) is 133 Å². The summed E-state index contributed by atoms with van der Waals surface area (Å²) in [6.45, 7) is 0. The standard InChI is InChI=1S/C45H28N4/c1-3-13-31-25-34(23-21-29(31)11-1)43-46-44(35-24-22-30-12-2-4-14-32(30)26-35)48-45(47-43)36-27-33-15-5-6-16-37(33)42(28-36)49-40-19-9-7-17-38(40)39-18-8-10-20-41(39)49/h1-28H. The van der Waals surface area contributed by atoms with Crippen LogP contribution >= 0.6 is 0 Å². The van der Waals surface area contributed by atoms with E-state index in [0.29, 0.717) is 17.5 Å². The van der Waals surface area contributed by atoms with Gasteiger partial charge in [0.1, 0.15) is 0 Å². The SMILES string of the molecule is c1ccc2cc(-c3nc(-c4ccc5ccccc5c4)nc(-c4cc(-n5c6ccccc6c6ccccc65)c5ccccc5c4)n3)ccc2c1. The molecule has 0 saturated heterocycles. The average molecular weight is 625 g/mol. The molecular formula is C45H28N4. The third kappa shape index (κ3) is 4.57. The maximum absolute atomic E-state index is 5.19. The van der Waals surface area contributed by atoms with Crippen LogP contribution in [-0.4, -0.2) is 19.5 Å². The van der Waals surface area contributed by atoms with E-state index in [1.165, 1.54) is 21.5 Å². The maximum atomic E-state index is 5.19. The molecule has 49 heavy (non-hydrogen) atoms. The van der Waals surface area contributed by atoms with E-state index in [1.807, 2.05) is 0 Å². The second kappa shape index (κ2) is 11.0. The van der Waals surface area contributed by atoms with Crippen molar-refractivity contribution in [1.82, 2.24) is 19.5 Å². The highest BCUT2D eigenvalue weighted by atomic mass is 15.0. The molecule has 0 amide bonds. The fraction of sp³-hybridized carbons (Fsp3) is 0. The van der Waals surface area contributed by atoms with Crippen molar-refractivity contribution < 1.29 is 0 Å². The molecule has 0 unspecified atom stereocenters. The van der Waals surface area contributed by atoms with Crippen molar-refractivity contribution in [3.63, 3.8) is 0 Å². The van der Waals surface area contributed by atoms with Gasteiger partial charge >= 0.3 is 0 Å². The Hall–Kier alpha value is -6.65. The van der Waals surface area contributed by atoms with Crippen LogP contribution in [0.15, 0.2) is 170 Å². The van der Waals surface area contributed by atoms with Crippen LogP contribution in [-0.2, 0) is 0 Å². The van der Waals surface area contributed by atoms with Crippen LogP contribution in [0.3, 0.4) is 0 Å². The number of nitrogens with zero attached hydrogens (tertiary/aromatic N) is 4. The first-order valence-electron chi connectivity index (χ1n) is 16.5. The van der Waals surface area contributed by atoms with Crippen LogP contribution in [0.4, 0.5) is 0 Å². The molecule has 0 radical (unpaired) electrons. The summed E-state index contributed by atoms with van der Waals surface area (Å²) in [6.07, 6.45) is 0. The van der Waals surface area contributed by atoms with Crippen molar-refractivity contribution >= 4 is 54.1 Å². The van der Waals surface area contributed by atoms with Crippen LogP contribution < -0.4 is 0 Å². The van der Waals surface area contributed by atoms with Gasteiger partial charge in [0.2, 0.25) is 0 Å². The molecule has 228 valence electrons. The highest BCUT2D eigenvalue weighted by molar-refractivity contribution is 6.11. The van der Waals surface area contributed by atoms with E-state index in [-0.39, 0.29) is 0 Å². The summed E-state index contributed by atoms with van der Waals surface area (Å²) in [7, 11) is 0. The number of fused-ring (bicyclic) bond motifs is 6. The normalized spacial score (nSPS) is 11.7.